The summed E-state index contributed by atoms with van der Waals surface area (Å²) >= 11 is 0.302. The zero-order chi connectivity index (χ0) is 17.9. The number of phenolic OH excluding ortho intramolecular Hbond substituents is 2. The van der Waals surface area contributed by atoms with Gasteiger partial charge in [-0.1, -0.05) is 25.1 Å². The lowest BCUT2D eigenvalue weighted by Gasteiger charge is -2.20. The molecule has 2 aromatic carbocycles. The van der Waals surface area contributed by atoms with Gasteiger partial charge in [-0.15, -0.1) is 0 Å². The van der Waals surface area contributed by atoms with Gasteiger partial charge < -0.3 is 25.1 Å². The molecule has 6 nitrogen and oxygen atoms in total. The van der Waals surface area contributed by atoms with E-state index in [1.807, 2.05) is 13.0 Å². The molecule has 0 spiro atoms. The van der Waals surface area contributed by atoms with Crippen molar-refractivity contribution >= 4 is 18.2 Å². The maximum atomic E-state index is 11.2. The largest absolute Gasteiger partial charge is 0.508 e. The molecule has 0 heterocycles. The second-order valence-electron chi connectivity index (χ2n) is 5.52. The molecular weight excluding hydrogens is 351 g/mol. The van der Waals surface area contributed by atoms with Crippen LogP contribution in [0.2, 0.25) is 0 Å². The second kappa shape index (κ2) is 7.59. The summed E-state index contributed by atoms with van der Waals surface area (Å²) in [5.41, 5.74) is 0.909. The van der Waals surface area contributed by atoms with Crippen LogP contribution in [0.4, 0.5) is 0 Å². The van der Waals surface area contributed by atoms with Crippen LogP contribution in [-0.2, 0) is 4.57 Å². The summed E-state index contributed by atoms with van der Waals surface area (Å²) in [5.74, 6) is -0.238. The van der Waals surface area contributed by atoms with Gasteiger partial charge in [0.25, 0.3) is 0 Å². The number of hydrogen-bond donors (Lipinski definition) is 5. The molecule has 2 atom stereocenters. The maximum absolute atomic E-state index is 11.2. The Kier molecular flexibility index (Phi) is 5.96. The van der Waals surface area contributed by atoms with E-state index in [0.717, 1.165) is 5.56 Å². The normalized spacial score (nSPS) is 14.3. The summed E-state index contributed by atoms with van der Waals surface area (Å²) in [6.07, 6.45) is -0.895. The molecule has 2 unspecified atom stereocenters. The van der Waals surface area contributed by atoms with Gasteiger partial charge in [-0.3, -0.25) is 0 Å². The van der Waals surface area contributed by atoms with Crippen LogP contribution in [0.15, 0.2) is 47.4 Å². The van der Waals surface area contributed by atoms with Crippen molar-refractivity contribution in [3.63, 3.8) is 0 Å². The first-order valence-electron chi connectivity index (χ1n) is 7.21. The van der Waals surface area contributed by atoms with E-state index in [1.165, 1.54) is 18.2 Å². The van der Waals surface area contributed by atoms with Crippen molar-refractivity contribution in [3.8, 4) is 11.5 Å². The summed E-state index contributed by atoms with van der Waals surface area (Å²) in [6, 6.07) is 10.9. The molecule has 0 aliphatic heterocycles. The predicted molar refractivity (Wildman–Crippen MR) is 92.1 cm³/mol. The van der Waals surface area contributed by atoms with Crippen molar-refractivity contribution in [1.29, 1.82) is 0 Å². The van der Waals surface area contributed by atoms with Crippen molar-refractivity contribution in [1.82, 2.24) is 0 Å². The fourth-order valence-corrected chi connectivity index (χ4v) is 4.48. The molecule has 24 heavy (non-hydrogen) atoms. The van der Waals surface area contributed by atoms with Crippen molar-refractivity contribution in [2.75, 3.05) is 0 Å². The van der Waals surface area contributed by atoms with E-state index in [2.05, 4.69) is 0 Å². The van der Waals surface area contributed by atoms with Crippen LogP contribution in [0.25, 0.3) is 0 Å². The summed E-state index contributed by atoms with van der Waals surface area (Å²) in [4.78, 5) is 18.4. The average molecular weight is 370 g/mol. The van der Waals surface area contributed by atoms with E-state index in [9.17, 15) is 19.9 Å². The topological polar surface area (TPSA) is 118 Å². The Morgan fingerprint density at radius 2 is 1.79 bits per heavy atom. The molecule has 0 amide bonds. The third-order valence-electron chi connectivity index (χ3n) is 3.61. The number of hydrogen-bond acceptors (Lipinski definition) is 5. The van der Waals surface area contributed by atoms with Crippen molar-refractivity contribution in [3.05, 3.63) is 53.6 Å². The molecule has 0 aliphatic rings. The van der Waals surface area contributed by atoms with Gasteiger partial charge >= 0.3 is 6.80 Å². The highest BCUT2D eigenvalue weighted by Gasteiger charge is 2.25. The fourth-order valence-electron chi connectivity index (χ4n) is 2.50. The summed E-state index contributed by atoms with van der Waals surface area (Å²) in [7, 11) is 0. The standard InChI is InChI=1S/C16H19O6PS/c1-10(11-4-2-5-12(17)9-11)8-14(19)16-13(18)6-3-7-15(16)24-23(20,21)22/h2-7,9-10,14,17-19H,8H2,1H3,(H2,20,21,22). The van der Waals surface area contributed by atoms with Crippen LogP contribution in [0, 0.1) is 0 Å². The second-order valence-corrected chi connectivity index (χ2v) is 9.10. The van der Waals surface area contributed by atoms with Crippen molar-refractivity contribution in [2.24, 2.45) is 0 Å². The predicted octanol–water partition coefficient (Wildman–Crippen LogP) is 3.51. The number of aromatic hydroxyl groups is 2. The Morgan fingerprint density at radius 3 is 2.42 bits per heavy atom. The lowest BCUT2D eigenvalue weighted by Crippen LogP contribution is -2.05. The number of phenols is 2. The van der Waals surface area contributed by atoms with E-state index in [4.69, 9.17) is 9.79 Å². The molecule has 0 aromatic heterocycles. The maximum Gasteiger partial charge on any atom is 0.388 e. The highest BCUT2D eigenvalue weighted by molar-refractivity contribution is 8.54. The Labute approximate surface area is 143 Å². The molecule has 0 bridgehead atoms. The van der Waals surface area contributed by atoms with Gasteiger partial charge in [0.15, 0.2) is 0 Å². The van der Waals surface area contributed by atoms with Crippen LogP contribution < -0.4 is 0 Å². The first-order chi connectivity index (χ1) is 11.2. The molecule has 0 saturated carbocycles. The molecule has 0 fully saturated rings. The highest BCUT2D eigenvalue weighted by atomic mass is 32.7. The first kappa shape index (κ1) is 18.8. The zero-order valence-electron chi connectivity index (χ0n) is 12.9. The third-order valence-corrected chi connectivity index (χ3v) is 5.70. The van der Waals surface area contributed by atoms with Gasteiger partial charge in [0.1, 0.15) is 11.5 Å². The molecular formula is C16H19O6PS. The number of aliphatic hydroxyl groups excluding tert-OH is 1. The number of benzene rings is 2. The zero-order valence-corrected chi connectivity index (χ0v) is 14.6. The molecule has 0 radical (unpaired) electrons. The minimum atomic E-state index is -4.41. The van der Waals surface area contributed by atoms with Crippen molar-refractivity contribution < 1.29 is 29.7 Å². The first-order valence-corrected chi connectivity index (χ1v) is 10.2. The van der Waals surface area contributed by atoms with Crippen LogP contribution in [0.3, 0.4) is 0 Å². The monoisotopic (exact) mass is 370 g/mol. The third kappa shape index (κ3) is 5.00. The van der Waals surface area contributed by atoms with Gasteiger partial charge in [-0.25, -0.2) is 4.57 Å². The van der Waals surface area contributed by atoms with Crippen LogP contribution in [0.1, 0.15) is 36.5 Å². The van der Waals surface area contributed by atoms with Crippen LogP contribution in [0.5, 0.6) is 11.5 Å². The minimum Gasteiger partial charge on any atom is -0.508 e. The summed E-state index contributed by atoms with van der Waals surface area (Å²) in [6.45, 7) is -2.56. The van der Waals surface area contributed by atoms with Gasteiger partial charge in [-0.05, 0) is 53.5 Å². The lowest BCUT2D eigenvalue weighted by atomic mass is 9.92. The molecule has 2 rings (SSSR count). The average Bonchev–Trinajstić information content (AvgIpc) is 2.45. The van der Waals surface area contributed by atoms with E-state index < -0.39 is 12.9 Å². The van der Waals surface area contributed by atoms with E-state index in [0.29, 0.717) is 11.4 Å². The van der Waals surface area contributed by atoms with E-state index in [-0.39, 0.29) is 34.3 Å². The molecule has 2 aromatic rings. The van der Waals surface area contributed by atoms with Gasteiger partial charge in [0, 0.05) is 10.5 Å². The quantitative estimate of drug-likeness (QED) is 0.494. The fraction of sp³-hybridized carbons (Fsp3) is 0.250. The summed E-state index contributed by atoms with van der Waals surface area (Å²) in [5, 5.41) is 30.0. The van der Waals surface area contributed by atoms with Crippen molar-refractivity contribution in [2.45, 2.75) is 30.3 Å². The molecule has 8 heteroatoms. The number of aliphatic hydroxyl groups is 1. The Bertz CT molecular complexity index is 760. The SMILES string of the molecule is CC(CC(O)c1c(O)cccc1SP(=O)(O)O)c1cccc(O)c1. The minimum absolute atomic E-state index is 0.0952. The molecule has 0 saturated heterocycles. The lowest BCUT2D eigenvalue weighted by molar-refractivity contribution is 0.153. The number of rotatable bonds is 6. The van der Waals surface area contributed by atoms with Gasteiger partial charge in [0.2, 0.25) is 0 Å². The molecule has 130 valence electrons. The highest BCUT2D eigenvalue weighted by Crippen LogP contribution is 2.57. The summed E-state index contributed by atoms with van der Waals surface area (Å²) < 4.78 is 11.2. The Morgan fingerprint density at radius 1 is 1.12 bits per heavy atom. The Hall–Kier alpha value is -1.50. The van der Waals surface area contributed by atoms with E-state index >= 15 is 0 Å². The molecule has 0 aliphatic carbocycles. The van der Waals surface area contributed by atoms with E-state index in [1.54, 1.807) is 18.2 Å². The Balaban J connectivity index is 2.26. The van der Waals surface area contributed by atoms with Crippen LogP contribution in [-0.4, -0.2) is 25.1 Å². The molecule has 5 N–H and O–H groups in total. The smallest absolute Gasteiger partial charge is 0.388 e. The van der Waals surface area contributed by atoms with Gasteiger partial charge in [0.05, 0.1) is 6.10 Å². The van der Waals surface area contributed by atoms with Crippen LogP contribution >= 0.6 is 18.2 Å². The van der Waals surface area contributed by atoms with Gasteiger partial charge in [-0.2, -0.15) is 0 Å².